The molecule has 3 fully saturated rings. The molecule has 7 rings (SSSR count). The third-order valence-electron chi connectivity index (χ3n) is 12.4. The lowest BCUT2D eigenvalue weighted by atomic mass is 9.81. The van der Waals surface area contributed by atoms with Gasteiger partial charge in [0.15, 0.2) is 5.78 Å². The largest absolute Gasteiger partial charge is 0.457 e. The number of hydrogen-bond donors (Lipinski definition) is 2. The molecule has 3 aliphatic rings. The third-order valence-corrected chi connectivity index (χ3v) is 12.9. The molecule has 0 unspecified atom stereocenters. The Morgan fingerprint density at radius 2 is 1.67 bits per heavy atom. The van der Waals surface area contributed by atoms with Crippen LogP contribution >= 0.6 is 23.2 Å². The van der Waals surface area contributed by atoms with Gasteiger partial charge in [-0.05, 0) is 107 Å². The molecule has 3 heterocycles. The maximum Gasteiger partial charge on any atom is 0.226 e. The maximum atomic E-state index is 14.7. The number of hydrogen-bond acceptors (Lipinski definition) is 8. The second kappa shape index (κ2) is 19.1. The standard InChI is InChI=1S/C47H56Cl2N6O6/c1-30-41(57)21-36(28-56)45(59)51-47(24-32-8-13-37(48)14-9-32)18-5-19-54(29-47)46(60)35(20-31-6-7-31)22-44(58)55(30)26-34-10-15-38(49)23-42(34)61-39-16-11-33(12-17-39)40-25-50-43(53(40)4)27-52(2)3/h8-17,23,25,30-31,35-36,56H,5-7,18-22,24,26-29H2,1-4H3,(H,51,59)/t30-,35+,36-,47+/m0/s1. The molecule has 1 aromatic heterocycles. The van der Waals surface area contributed by atoms with Gasteiger partial charge in [0.05, 0.1) is 49.1 Å². The quantitative estimate of drug-likeness (QED) is 0.154. The van der Waals surface area contributed by atoms with E-state index in [1.807, 2.05) is 68.6 Å². The molecule has 324 valence electrons. The molecule has 2 aliphatic heterocycles. The van der Waals surface area contributed by atoms with Crippen molar-refractivity contribution < 1.29 is 29.0 Å². The molecule has 3 aromatic carbocycles. The SMILES string of the molecule is C[C@H]1C(=O)C[C@@H](CO)C(=O)N[C@@]2(Cc3ccc(Cl)cc3)CCCN(C2)C(=O)[C@H](CC2CC2)CC(=O)N1Cc1ccc(Cl)cc1Oc1ccc(-c2cnc(CN(C)C)n2C)cc1. The molecule has 12 nitrogen and oxygen atoms in total. The summed E-state index contributed by atoms with van der Waals surface area (Å²) in [6.07, 6.45) is 5.75. The van der Waals surface area contributed by atoms with Crippen LogP contribution < -0.4 is 10.1 Å². The Kier molecular flexibility index (Phi) is 13.9. The molecule has 61 heavy (non-hydrogen) atoms. The number of benzene rings is 3. The number of fused-ring (bicyclic) bond motifs is 2. The lowest BCUT2D eigenvalue weighted by molar-refractivity contribution is -0.148. The van der Waals surface area contributed by atoms with Gasteiger partial charge in [0, 0.05) is 60.1 Å². The number of imidazole rings is 1. The highest BCUT2D eigenvalue weighted by atomic mass is 35.5. The molecule has 0 spiro atoms. The first-order chi connectivity index (χ1) is 29.2. The first-order valence-electron chi connectivity index (χ1n) is 21.2. The predicted octanol–water partition coefficient (Wildman–Crippen LogP) is 7.07. The van der Waals surface area contributed by atoms with E-state index in [1.54, 1.807) is 37.3 Å². The minimum absolute atomic E-state index is 0.0196. The van der Waals surface area contributed by atoms with Crippen LogP contribution in [0.3, 0.4) is 0 Å². The summed E-state index contributed by atoms with van der Waals surface area (Å²) < 4.78 is 8.50. The lowest BCUT2D eigenvalue weighted by Gasteiger charge is -2.45. The van der Waals surface area contributed by atoms with Crippen LogP contribution in [0, 0.1) is 17.8 Å². The summed E-state index contributed by atoms with van der Waals surface area (Å²) in [5.41, 5.74) is 2.62. The molecule has 2 N–H and O–H groups in total. The Morgan fingerprint density at radius 3 is 2.36 bits per heavy atom. The molecule has 3 amide bonds. The van der Waals surface area contributed by atoms with Gasteiger partial charge in [-0.3, -0.25) is 19.2 Å². The van der Waals surface area contributed by atoms with Gasteiger partial charge in [0.1, 0.15) is 17.3 Å². The summed E-state index contributed by atoms with van der Waals surface area (Å²) >= 11 is 12.7. The monoisotopic (exact) mass is 870 g/mol. The van der Waals surface area contributed by atoms with Crippen LogP contribution in [0.15, 0.2) is 72.9 Å². The molecule has 0 radical (unpaired) electrons. The molecule has 2 saturated heterocycles. The summed E-state index contributed by atoms with van der Waals surface area (Å²) in [7, 11) is 5.99. The van der Waals surface area contributed by atoms with Crippen LogP contribution in [0.25, 0.3) is 11.3 Å². The second-order valence-electron chi connectivity index (χ2n) is 17.5. The number of nitrogens with zero attached hydrogens (tertiary/aromatic N) is 5. The smallest absolute Gasteiger partial charge is 0.226 e. The highest BCUT2D eigenvalue weighted by Crippen LogP contribution is 2.39. The van der Waals surface area contributed by atoms with Crippen molar-refractivity contribution >= 4 is 46.7 Å². The number of halogens is 2. The van der Waals surface area contributed by atoms with Crippen molar-refractivity contribution in [3.8, 4) is 22.8 Å². The van der Waals surface area contributed by atoms with E-state index >= 15 is 0 Å². The first-order valence-corrected chi connectivity index (χ1v) is 22.0. The number of Topliss-reactive ketones (excluding diaryl/α,β-unsaturated/α-hetero) is 1. The van der Waals surface area contributed by atoms with Crippen molar-refractivity contribution in [3.05, 3.63) is 99.9 Å². The van der Waals surface area contributed by atoms with Gasteiger partial charge in [0.25, 0.3) is 0 Å². The number of rotatable bonds is 12. The number of aliphatic hydroxyl groups excluding tert-OH is 1. The van der Waals surface area contributed by atoms with Crippen molar-refractivity contribution in [2.24, 2.45) is 24.8 Å². The maximum absolute atomic E-state index is 14.7. The molecule has 1 aliphatic carbocycles. The van der Waals surface area contributed by atoms with E-state index in [0.717, 1.165) is 35.5 Å². The highest BCUT2D eigenvalue weighted by molar-refractivity contribution is 6.31. The molecule has 2 bridgehead atoms. The normalized spacial score (nSPS) is 23.0. The number of ketones is 1. The number of carbonyl (C=O) groups is 4. The van der Waals surface area contributed by atoms with Crippen molar-refractivity contribution in [3.63, 3.8) is 0 Å². The van der Waals surface area contributed by atoms with Crippen LogP contribution in [0.2, 0.25) is 10.0 Å². The summed E-state index contributed by atoms with van der Waals surface area (Å²) in [4.78, 5) is 67.6. The van der Waals surface area contributed by atoms with E-state index in [9.17, 15) is 24.3 Å². The zero-order chi connectivity index (χ0) is 43.4. The Labute approximate surface area is 368 Å². The highest BCUT2D eigenvalue weighted by Gasteiger charge is 2.44. The van der Waals surface area contributed by atoms with E-state index in [4.69, 9.17) is 27.9 Å². The van der Waals surface area contributed by atoms with Crippen molar-refractivity contribution in [1.82, 2.24) is 29.6 Å². The van der Waals surface area contributed by atoms with E-state index in [2.05, 4.69) is 19.8 Å². The Hall–Kier alpha value is -4.75. The Morgan fingerprint density at radius 1 is 0.951 bits per heavy atom. The van der Waals surface area contributed by atoms with Crippen LogP contribution in [0.4, 0.5) is 0 Å². The van der Waals surface area contributed by atoms with Crippen LogP contribution in [-0.4, -0.2) is 98.2 Å². The average molecular weight is 872 g/mol. The number of amides is 3. The fourth-order valence-electron chi connectivity index (χ4n) is 8.75. The molecular weight excluding hydrogens is 815 g/mol. The van der Waals surface area contributed by atoms with Gasteiger partial charge < -0.3 is 34.4 Å². The predicted molar refractivity (Wildman–Crippen MR) is 235 cm³/mol. The number of aromatic nitrogens is 2. The lowest BCUT2D eigenvalue weighted by Crippen LogP contribution is -2.63. The van der Waals surface area contributed by atoms with Crippen molar-refractivity contribution in [2.45, 2.75) is 83.0 Å². The molecule has 14 heteroatoms. The third kappa shape index (κ3) is 10.8. The van der Waals surface area contributed by atoms with Crippen molar-refractivity contribution in [1.29, 1.82) is 0 Å². The zero-order valence-corrected chi connectivity index (χ0v) is 36.9. The van der Waals surface area contributed by atoms with Gasteiger partial charge in [-0.2, -0.15) is 0 Å². The van der Waals surface area contributed by atoms with Gasteiger partial charge in [0.2, 0.25) is 17.7 Å². The average Bonchev–Trinajstić information content (AvgIpc) is 3.99. The van der Waals surface area contributed by atoms with Crippen LogP contribution in [-0.2, 0) is 45.7 Å². The molecule has 4 aromatic rings. The number of piperidine rings is 1. The fourth-order valence-corrected chi connectivity index (χ4v) is 9.04. The van der Waals surface area contributed by atoms with Gasteiger partial charge in [-0.1, -0.05) is 54.2 Å². The number of nitrogens with one attached hydrogen (secondary N) is 1. The number of carbonyl (C=O) groups excluding carboxylic acids is 4. The van der Waals surface area contributed by atoms with Crippen LogP contribution in [0.5, 0.6) is 11.5 Å². The summed E-state index contributed by atoms with van der Waals surface area (Å²) in [5.74, 6) is -0.732. The summed E-state index contributed by atoms with van der Waals surface area (Å²) in [5, 5.41) is 14.8. The second-order valence-corrected chi connectivity index (χ2v) is 18.4. The van der Waals surface area contributed by atoms with E-state index in [1.165, 1.54) is 4.90 Å². The molecule has 1 saturated carbocycles. The van der Waals surface area contributed by atoms with Gasteiger partial charge in [-0.15, -0.1) is 0 Å². The van der Waals surface area contributed by atoms with E-state index in [0.29, 0.717) is 71.8 Å². The zero-order valence-electron chi connectivity index (χ0n) is 35.4. The van der Waals surface area contributed by atoms with Gasteiger partial charge in [-0.25, -0.2) is 4.98 Å². The fraction of sp³-hybridized carbons (Fsp3) is 0.468. The molecule has 4 atom stereocenters. The van der Waals surface area contributed by atoms with Gasteiger partial charge >= 0.3 is 0 Å². The van der Waals surface area contributed by atoms with E-state index < -0.39 is 35.9 Å². The number of aliphatic hydroxyl groups is 1. The Balaban J connectivity index is 1.17. The van der Waals surface area contributed by atoms with Crippen molar-refractivity contribution in [2.75, 3.05) is 33.8 Å². The topological polar surface area (TPSA) is 137 Å². The number of ether oxygens (including phenoxy) is 1. The van der Waals surface area contributed by atoms with E-state index in [-0.39, 0.29) is 43.5 Å². The summed E-state index contributed by atoms with van der Waals surface area (Å²) in [6, 6.07) is 19.2. The summed E-state index contributed by atoms with van der Waals surface area (Å²) in [6.45, 7) is 2.52. The first kappa shape index (κ1) is 44.3. The Bertz CT molecular complexity index is 2220. The molecular formula is C47H56Cl2N6O6. The minimum Gasteiger partial charge on any atom is -0.457 e. The van der Waals surface area contributed by atoms with Crippen LogP contribution in [0.1, 0.15) is 68.8 Å². The minimum atomic E-state index is -1.06.